The number of rotatable bonds is 5. The Bertz CT molecular complexity index is 510. The van der Waals surface area contributed by atoms with Gasteiger partial charge in [-0.3, -0.25) is 4.79 Å². The van der Waals surface area contributed by atoms with Gasteiger partial charge in [0.2, 0.25) is 0 Å². The zero-order chi connectivity index (χ0) is 15.4. The van der Waals surface area contributed by atoms with Crippen LogP contribution in [0.1, 0.15) is 37.2 Å². The van der Waals surface area contributed by atoms with Crippen molar-refractivity contribution in [3.05, 3.63) is 22.8 Å². The Morgan fingerprint density at radius 1 is 1.57 bits per heavy atom. The topological polar surface area (TPSA) is 65.5 Å². The summed E-state index contributed by atoms with van der Waals surface area (Å²) in [5, 5.41) is 13.0. The number of halogens is 1. The van der Waals surface area contributed by atoms with Gasteiger partial charge in [0.1, 0.15) is 11.5 Å². The molecule has 0 aromatic carbocycles. The Morgan fingerprint density at radius 3 is 3.00 bits per heavy atom. The molecule has 0 spiro atoms. The van der Waals surface area contributed by atoms with Crippen molar-refractivity contribution in [2.75, 3.05) is 25.0 Å². The number of nitrogens with zero attached hydrogens (tertiary/aromatic N) is 2. The molecule has 1 aliphatic heterocycles. The van der Waals surface area contributed by atoms with Crippen LogP contribution in [0.25, 0.3) is 0 Å². The van der Waals surface area contributed by atoms with Crippen molar-refractivity contribution < 1.29 is 9.90 Å². The minimum atomic E-state index is -0.205. The van der Waals surface area contributed by atoms with E-state index in [1.165, 1.54) is 0 Å². The lowest BCUT2D eigenvalue weighted by atomic mass is 10.0. The smallest absolute Gasteiger partial charge is 0.274 e. The third-order valence-electron chi connectivity index (χ3n) is 3.94. The largest absolute Gasteiger partial charge is 0.394 e. The minimum absolute atomic E-state index is 0.0295. The molecule has 0 aliphatic carbocycles. The van der Waals surface area contributed by atoms with E-state index in [9.17, 15) is 9.90 Å². The Balaban J connectivity index is 2.22. The average molecular weight is 312 g/mol. The number of likely N-dealkylation sites (tertiary alicyclic amines) is 1. The van der Waals surface area contributed by atoms with Crippen molar-refractivity contribution in [1.29, 1.82) is 0 Å². The first-order valence-corrected chi connectivity index (χ1v) is 7.78. The van der Waals surface area contributed by atoms with Gasteiger partial charge in [-0.25, -0.2) is 4.98 Å². The number of amides is 1. The van der Waals surface area contributed by atoms with E-state index in [1.807, 2.05) is 6.92 Å². The SMILES string of the molecule is CCCNc1ccc(Cl)c(C(=O)N2CCC(C)C2CO)n1. The molecular formula is C15H22ClN3O2. The van der Waals surface area contributed by atoms with Gasteiger partial charge in [0.25, 0.3) is 5.91 Å². The first kappa shape index (κ1) is 16.0. The summed E-state index contributed by atoms with van der Waals surface area (Å²) < 4.78 is 0. The quantitative estimate of drug-likeness (QED) is 0.876. The predicted octanol–water partition coefficient (Wildman–Crippen LogP) is 2.40. The van der Waals surface area contributed by atoms with Gasteiger partial charge >= 0.3 is 0 Å². The Hall–Kier alpha value is -1.33. The number of hydrogen-bond acceptors (Lipinski definition) is 4. The number of aromatic nitrogens is 1. The second-order valence-electron chi connectivity index (χ2n) is 5.47. The lowest BCUT2D eigenvalue weighted by Gasteiger charge is -2.25. The van der Waals surface area contributed by atoms with E-state index in [1.54, 1.807) is 17.0 Å². The van der Waals surface area contributed by atoms with Crippen molar-refractivity contribution in [2.45, 2.75) is 32.7 Å². The Labute approximate surface area is 130 Å². The highest BCUT2D eigenvalue weighted by atomic mass is 35.5. The van der Waals surface area contributed by atoms with Gasteiger partial charge in [-0.05, 0) is 30.9 Å². The highest BCUT2D eigenvalue weighted by Gasteiger charge is 2.35. The molecule has 1 aliphatic rings. The van der Waals surface area contributed by atoms with Gasteiger partial charge in [-0.1, -0.05) is 25.4 Å². The van der Waals surface area contributed by atoms with Crippen LogP contribution in [0.2, 0.25) is 5.02 Å². The predicted molar refractivity (Wildman–Crippen MR) is 83.7 cm³/mol. The number of aliphatic hydroxyl groups is 1. The molecule has 0 bridgehead atoms. The van der Waals surface area contributed by atoms with Crippen molar-refractivity contribution in [3.8, 4) is 0 Å². The minimum Gasteiger partial charge on any atom is -0.394 e. The van der Waals surface area contributed by atoms with Crippen molar-refractivity contribution in [2.24, 2.45) is 5.92 Å². The van der Waals surface area contributed by atoms with Crippen LogP contribution in [0.15, 0.2) is 12.1 Å². The maximum Gasteiger partial charge on any atom is 0.274 e. The number of hydrogen-bond donors (Lipinski definition) is 2. The zero-order valence-electron chi connectivity index (χ0n) is 12.5. The molecule has 0 radical (unpaired) electrons. The molecule has 2 unspecified atom stereocenters. The molecule has 1 saturated heterocycles. The van der Waals surface area contributed by atoms with Gasteiger partial charge in [-0.2, -0.15) is 0 Å². The van der Waals surface area contributed by atoms with Crippen LogP contribution in [0.5, 0.6) is 0 Å². The molecule has 1 fully saturated rings. The lowest BCUT2D eigenvalue weighted by Crippen LogP contribution is -2.40. The number of aliphatic hydroxyl groups excluding tert-OH is 1. The number of carbonyl (C=O) groups is 1. The van der Waals surface area contributed by atoms with Crippen LogP contribution in [0, 0.1) is 5.92 Å². The second kappa shape index (κ2) is 7.09. The summed E-state index contributed by atoms with van der Waals surface area (Å²) in [5.41, 5.74) is 0.255. The summed E-state index contributed by atoms with van der Waals surface area (Å²) in [4.78, 5) is 18.7. The summed E-state index contributed by atoms with van der Waals surface area (Å²) in [5.74, 6) is 0.736. The molecule has 0 saturated carbocycles. The van der Waals surface area contributed by atoms with Crippen LogP contribution in [0.3, 0.4) is 0 Å². The second-order valence-corrected chi connectivity index (χ2v) is 5.88. The van der Waals surface area contributed by atoms with Crippen LogP contribution in [-0.4, -0.2) is 46.6 Å². The molecule has 21 heavy (non-hydrogen) atoms. The van der Waals surface area contributed by atoms with E-state index in [0.29, 0.717) is 23.3 Å². The first-order chi connectivity index (χ1) is 10.1. The zero-order valence-corrected chi connectivity index (χ0v) is 13.2. The van der Waals surface area contributed by atoms with Crippen molar-refractivity contribution in [3.63, 3.8) is 0 Å². The summed E-state index contributed by atoms with van der Waals surface area (Å²) >= 11 is 6.13. The number of pyridine rings is 1. The fourth-order valence-electron chi connectivity index (χ4n) is 2.62. The van der Waals surface area contributed by atoms with E-state index in [-0.39, 0.29) is 24.2 Å². The highest BCUT2D eigenvalue weighted by Crippen LogP contribution is 2.27. The molecule has 1 amide bonds. The molecule has 6 heteroatoms. The fourth-order valence-corrected chi connectivity index (χ4v) is 2.80. The molecule has 1 aromatic heterocycles. The van der Waals surface area contributed by atoms with E-state index < -0.39 is 0 Å². The maximum atomic E-state index is 12.6. The average Bonchev–Trinajstić information content (AvgIpc) is 2.86. The normalized spacial score (nSPS) is 21.6. The molecule has 116 valence electrons. The van der Waals surface area contributed by atoms with Crippen LogP contribution >= 0.6 is 11.6 Å². The Morgan fingerprint density at radius 2 is 2.33 bits per heavy atom. The molecule has 2 atom stereocenters. The monoisotopic (exact) mass is 311 g/mol. The number of anilines is 1. The number of carbonyl (C=O) groups excluding carboxylic acids is 1. The summed E-state index contributed by atoms with van der Waals surface area (Å²) in [6.45, 7) is 5.51. The van der Waals surface area contributed by atoms with Gasteiger partial charge in [-0.15, -0.1) is 0 Å². The van der Waals surface area contributed by atoms with Crippen molar-refractivity contribution >= 4 is 23.3 Å². The van der Waals surface area contributed by atoms with Gasteiger partial charge in [0, 0.05) is 13.1 Å². The highest BCUT2D eigenvalue weighted by molar-refractivity contribution is 6.33. The van der Waals surface area contributed by atoms with E-state index >= 15 is 0 Å². The van der Waals surface area contributed by atoms with Crippen LogP contribution in [0.4, 0.5) is 5.82 Å². The fraction of sp³-hybridized carbons (Fsp3) is 0.600. The van der Waals surface area contributed by atoms with Crippen molar-refractivity contribution in [1.82, 2.24) is 9.88 Å². The van der Waals surface area contributed by atoms with E-state index in [0.717, 1.165) is 19.4 Å². The molecule has 1 aromatic rings. The Kier molecular flexibility index (Phi) is 5.42. The summed E-state index contributed by atoms with van der Waals surface area (Å²) in [6, 6.07) is 3.31. The molecule has 2 N–H and O–H groups in total. The lowest BCUT2D eigenvalue weighted by molar-refractivity contribution is 0.0642. The molecule has 2 rings (SSSR count). The first-order valence-electron chi connectivity index (χ1n) is 7.40. The maximum absolute atomic E-state index is 12.6. The van der Waals surface area contributed by atoms with E-state index in [2.05, 4.69) is 17.2 Å². The van der Waals surface area contributed by atoms with Crippen LogP contribution < -0.4 is 5.32 Å². The standard InChI is InChI=1S/C15H22ClN3O2/c1-3-7-17-13-5-4-11(16)14(18-13)15(21)19-8-6-10(2)12(19)9-20/h4-5,10,12,20H,3,6-9H2,1-2H3,(H,17,18). The van der Waals surface area contributed by atoms with E-state index in [4.69, 9.17) is 11.6 Å². The van der Waals surface area contributed by atoms with Gasteiger partial charge < -0.3 is 15.3 Å². The third kappa shape index (κ3) is 3.47. The molecule has 2 heterocycles. The summed E-state index contributed by atoms with van der Waals surface area (Å²) in [7, 11) is 0. The van der Waals surface area contributed by atoms with Crippen LogP contribution in [-0.2, 0) is 0 Å². The molecular weight excluding hydrogens is 290 g/mol. The summed E-state index contributed by atoms with van der Waals surface area (Å²) in [6.07, 6.45) is 1.87. The van der Waals surface area contributed by atoms with Gasteiger partial charge in [0.05, 0.1) is 17.7 Å². The molecule has 5 nitrogen and oxygen atoms in total. The number of nitrogens with one attached hydrogen (secondary N) is 1. The third-order valence-corrected chi connectivity index (χ3v) is 4.24. The van der Waals surface area contributed by atoms with Gasteiger partial charge in [0.15, 0.2) is 0 Å².